The van der Waals surface area contributed by atoms with Gasteiger partial charge in [-0.2, -0.15) is 0 Å². The lowest BCUT2D eigenvalue weighted by molar-refractivity contribution is -0.132. The van der Waals surface area contributed by atoms with Crippen molar-refractivity contribution < 1.29 is 19.0 Å². The van der Waals surface area contributed by atoms with Gasteiger partial charge in [-0.25, -0.2) is 0 Å². The fourth-order valence-corrected chi connectivity index (χ4v) is 9.84. The smallest absolute Gasteiger partial charge is 0.308 e. The van der Waals surface area contributed by atoms with E-state index in [9.17, 15) is 4.79 Å². The summed E-state index contributed by atoms with van der Waals surface area (Å²) >= 11 is 1.85. The molecule has 0 N–H and O–H groups in total. The molecule has 1 aliphatic rings. The van der Waals surface area contributed by atoms with Gasteiger partial charge in [0, 0.05) is 23.7 Å². The number of nitrogens with zero attached hydrogens (tertiary/aromatic N) is 1. The average Bonchev–Trinajstić information content (AvgIpc) is 4.02. The maximum Gasteiger partial charge on any atom is 0.308 e. The first-order valence-electron chi connectivity index (χ1n) is 32.8. The lowest BCUT2D eigenvalue weighted by Crippen LogP contribution is -2.11. The number of carbonyl (C=O) groups excluding carboxylic acids is 1. The highest BCUT2D eigenvalue weighted by atomic mass is 32.1. The fourth-order valence-electron chi connectivity index (χ4n) is 8.84. The van der Waals surface area contributed by atoms with E-state index in [0.29, 0.717) is 44.0 Å². The third kappa shape index (κ3) is 53.5. The van der Waals surface area contributed by atoms with Gasteiger partial charge in [-0.3, -0.25) is 9.78 Å². The molecule has 0 bridgehead atoms. The molecular formula is C79H131NO4S. The lowest BCUT2D eigenvalue weighted by atomic mass is 9.81. The van der Waals surface area contributed by atoms with E-state index in [-0.39, 0.29) is 11.4 Å². The molecule has 482 valence electrons. The van der Waals surface area contributed by atoms with Crippen LogP contribution in [-0.4, -0.2) is 24.7 Å². The van der Waals surface area contributed by atoms with Crippen LogP contribution in [0.3, 0.4) is 0 Å². The minimum atomic E-state index is -0.337. The van der Waals surface area contributed by atoms with E-state index in [1.807, 2.05) is 78.2 Å². The minimum absolute atomic E-state index is 0.197. The van der Waals surface area contributed by atoms with Crippen molar-refractivity contribution in [2.75, 3.05) is 13.7 Å². The molecule has 0 atom stereocenters. The summed E-state index contributed by atoms with van der Waals surface area (Å²) in [6.45, 7) is 52.1. The maximum atomic E-state index is 11.0. The van der Waals surface area contributed by atoms with Crippen molar-refractivity contribution in [2.24, 2.45) is 43.8 Å². The number of unbranched alkanes of at least 4 members (excludes halogenated alkanes) is 2. The van der Waals surface area contributed by atoms with Gasteiger partial charge >= 0.3 is 5.97 Å². The molecule has 5 aromatic rings. The van der Waals surface area contributed by atoms with Crippen LogP contribution < -0.4 is 14.2 Å². The van der Waals surface area contributed by atoms with Crippen LogP contribution in [0.15, 0.2) is 121 Å². The Hall–Kier alpha value is -4.42. The van der Waals surface area contributed by atoms with Gasteiger partial charge in [-0.05, 0) is 167 Å². The van der Waals surface area contributed by atoms with Crippen LogP contribution in [0.1, 0.15) is 271 Å². The largest absolute Gasteiger partial charge is 0.494 e. The lowest BCUT2D eigenvalue weighted by Gasteiger charge is -2.25. The van der Waals surface area contributed by atoms with Crippen molar-refractivity contribution in [3.05, 3.63) is 142 Å². The van der Waals surface area contributed by atoms with Crippen LogP contribution in [0.5, 0.6) is 17.2 Å². The molecular weight excluding hydrogens is 1060 g/mol. The molecule has 6 rings (SSSR count). The number of methoxy groups -OCH3 is 1. The van der Waals surface area contributed by atoms with E-state index in [1.54, 1.807) is 7.11 Å². The van der Waals surface area contributed by atoms with Gasteiger partial charge in [0.15, 0.2) is 11.5 Å². The highest BCUT2D eigenvalue weighted by Gasteiger charge is 2.19. The van der Waals surface area contributed by atoms with Gasteiger partial charge in [-0.15, -0.1) is 11.3 Å². The summed E-state index contributed by atoms with van der Waals surface area (Å²) in [5, 5.41) is 2.14. The highest BCUT2D eigenvalue weighted by Crippen LogP contribution is 2.33. The second-order valence-electron chi connectivity index (χ2n) is 32.2. The van der Waals surface area contributed by atoms with Crippen LogP contribution in [0.4, 0.5) is 0 Å². The van der Waals surface area contributed by atoms with Crippen molar-refractivity contribution in [1.29, 1.82) is 0 Å². The van der Waals surface area contributed by atoms with Crippen molar-refractivity contribution in [3.8, 4) is 17.2 Å². The van der Waals surface area contributed by atoms with Crippen LogP contribution in [0, 0.1) is 43.8 Å². The van der Waals surface area contributed by atoms with E-state index in [2.05, 4.69) is 211 Å². The molecule has 0 aliphatic heterocycles. The number of hydrogen-bond acceptors (Lipinski definition) is 6. The van der Waals surface area contributed by atoms with Crippen LogP contribution in [0.25, 0.3) is 0 Å². The zero-order valence-electron chi connectivity index (χ0n) is 59.5. The van der Waals surface area contributed by atoms with Crippen molar-refractivity contribution >= 4 is 17.3 Å². The minimum Gasteiger partial charge on any atom is -0.494 e. The first-order chi connectivity index (χ1) is 39.3. The van der Waals surface area contributed by atoms with Gasteiger partial charge in [-0.1, -0.05) is 270 Å². The number of esters is 1. The quantitative estimate of drug-likeness (QED) is 0.0560. The standard InChI is InChI=1S/C14H20O3.C12H18O.C12H24.C12H18.C11H17N.C9H14S.C9H20/c1-10(15)17-13-8-11(9-14(2,3)4)6-7-12(13)16-5;1-12(2,3)9-10-13-11-7-5-4-6-8-11;2*1-12(2,3)10-9-11-7-5-4-6-8-11;1-11(2,3)8-7-10-6-4-5-9-12-10;1-9(2,3)7-8-5-4-6-10-8;1-5-6-7-8-9(2,3)4/h6-8H,9H2,1-5H3;4-8H,9-10H2,1-3H3;11H,4-10H2,1-3H3;4-8H,9-10H2,1-3H3;4-6,9H,7-8H2,1-3H3;4-6H,7H2,1-3H3;5-8H2,1-4H3. The molecule has 1 aliphatic carbocycles. The van der Waals surface area contributed by atoms with Gasteiger partial charge in [0.05, 0.1) is 13.7 Å². The second kappa shape index (κ2) is 41.7. The highest BCUT2D eigenvalue weighted by molar-refractivity contribution is 7.09. The number of rotatable bonds is 16. The Morgan fingerprint density at radius 2 is 1.05 bits per heavy atom. The van der Waals surface area contributed by atoms with E-state index >= 15 is 0 Å². The van der Waals surface area contributed by atoms with E-state index in [1.165, 1.54) is 119 Å². The summed E-state index contributed by atoms with van der Waals surface area (Å²) in [5.74, 6) is 2.76. The molecule has 85 heavy (non-hydrogen) atoms. The Bertz CT molecular complexity index is 2300. The topological polar surface area (TPSA) is 57.6 Å². The summed E-state index contributed by atoms with van der Waals surface area (Å²) in [6, 6.07) is 36.8. The number of thiophene rings is 1. The molecule has 0 unspecified atom stereocenters. The summed E-state index contributed by atoms with van der Waals surface area (Å²) < 4.78 is 15.9. The third-order valence-corrected chi connectivity index (χ3v) is 14.7. The van der Waals surface area contributed by atoms with Gasteiger partial charge < -0.3 is 14.2 Å². The average molecular weight is 1190 g/mol. The van der Waals surface area contributed by atoms with Gasteiger partial charge in [0.1, 0.15) is 5.75 Å². The Morgan fingerprint density at radius 3 is 1.51 bits per heavy atom. The molecule has 0 spiro atoms. The molecule has 1 saturated carbocycles. The van der Waals surface area contributed by atoms with Crippen LogP contribution >= 0.6 is 11.3 Å². The zero-order valence-corrected chi connectivity index (χ0v) is 60.4. The normalized spacial score (nSPS) is 12.9. The number of hydrogen-bond donors (Lipinski definition) is 0. The van der Waals surface area contributed by atoms with Gasteiger partial charge in [0.2, 0.25) is 0 Å². The fraction of sp³-hybridized carbons (Fsp3) is 0.646. The molecule has 1 fully saturated rings. The molecule has 6 heteroatoms. The Labute approximate surface area is 530 Å². The number of para-hydroxylation sites is 1. The molecule has 0 saturated heterocycles. The number of aryl methyl sites for hydroxylation is 2. The number of pyridine rings is 1. The maximum absolute atomic E-state index is 11.0. The Morgan fingerprint density at radius 1 is 0.518 bits per heavy atom. The predicted octanol–water partition coefficient (Wildman–Crippen LogP) is 24.8. The SMILES string of the molecule is CC(C)(C)CCC1CCCCC1.CC(C)(C)CCOc1ccccc1.CC(C)(C)CCc1ccccc1.CC(C)(C)CCc1ccccn1.CC(C)(C)Cc1cccs1.CCCCCC(C)(C)C.COc1ccc(CC(C)(C)C)cc1OC(C)=O. The van der Waals surface area contributed by atoms with E-state index in [4.69, 9.17) is 14.2 Å². The molecule has 2 aromatic heterocycles. The molecule has 3 aromatic carbocycles. The number of aromatic nitrogens is 1. The molecule has 2 heterocycles. The monoisotopic (exact) mass is 1190 g/mol. The summed E-state index contributed by atoms with van der Waals surface area (Å²) in [6.07, 6.45) is 25.7. The number of ether oxygens (including phenoxy) is 3. The first kappa shape index (κ1) is 80.6. The summed E-state index contributed by atoms with van der Waals surface area (Å²) in [4.78, 5) is 16.8. The Balaban J connectivity index is 0.000000976. The van der Waals surface area contributed by atoms with Crippen molar-refractivity contribution in [3.63, 3.8) is 0 Å². The summed E-state index contributed by atoms with van der Waals surface area (Å²) in [7, 11) is 1.56. The van der Waals surface area contributed by atoms with Crippen LogP contribution in [-0.2, 0) is 30.5 Å². The third-order valence-electron chi connectivity index (χ3n) is 13.8. The Kier molecular flexibility index (Phi) is 39.5. The predicted molar refractivity (Wildman–Crippen MR) is 376 cm³/mol. The molecule has 0 amide bonds. The zero-order chi connectivity index (χ0) is 64.8. The van der Waals surface area contributed by atoms with Crippen molar-refractivity contribution in [1.82, 2.24) is 4.98 Å². The van der Waals surface area contributed by atoms with E-state index in [0.717, 1.165) is 43.1 Å². The molecule has 5 nitrogen and oxygen atoms in total. The van der Waals surface area contributed by atoms with E-state index < -0.39 is 0 Å². The summed E-state index contributed by atoms with van der Waals surface area (Å²) in [5.41, 5.74) is 6.75. The van der Waals surface area contributed by atoms with Crippen LogP contribution in [0.2, 0.25) is 0 Å². The number of benzene rings is 3. The van der Waals surface area contributed by atoms with Crippen molar-refractivity contribution in [2.45, 2.75) is 275 Å². The van der Waals surface area contributed by atoms with Gasteiger partial charge in [0.25, 0.3) is 0 Å². The number of carbonyl (C=O) groups is 1. The second-order valence-corrected chi connectivity index (χ2v) is 33.2. The first-order valence-corrected chi connectivity index (χ1v) is 33.6. The molecule has 0 radical (unpaired) electrons.